The van der Waals surface area contributed by atoms with Crippen molar-refractivity contribution in [3.8, 4) is 17.3 Å². The van der Waals surface area contributed by atoms with Crippen molar-refractivity contribution >= 4 is 56.3 Å². The lowest BCUT2D eigenvalue weighted by Gasteiger charge is -2.18. The van der Waals surface area contributed by atoms with E-state index in [9.17, 15) is 18.5 Å². The number of carbonyl (C=O) groups is 1. The second kappa shape index (κ2) is 10.2. The van der Waals surface area contributed by atoms with Crippen LogP contribution in [0.3, 0.4) is 0 Å². The molecule has 2 aliphatic rings. The Labute approximate surface area is 245 Å². The number of carbonyl (C=O) groups excluding carboxylic acids is 1. The van der Waals surface area contributed by atoms with Gasteiger partial charge in [0.05, 0.1) is 39.9 Å². The SMILES string of the molecule is CC(C)n1c(N2CCOC2=O)nc2c(F)cc(-c3nc(Nc4ccc(S(=O)(=O)NC5(C#N)CC5)cc4)ncc3Cl)cc21. The van der Waals surface area contributed by atoms with Gasteiger partial charge in [0.15, 0.2) is 5.82 Å². The number of nitrogens with zero attached hydrogens (tertiary/aromatic N) is 6. The number of cyclic esters (lactones) is 1. The van der Waals surface area contributed by atoms with E-state index in [1.807, 2.05) is 19.9 Å². The van der Waals surface area contributed by atoms with Gasteiger partial charge in [0.2, 0.25) is 21.9 Å². The molecule has 1 aliphatic carbocycles. The zero-order valence-electron chi connectivity index (χ0n) is 22.4. The third-order valence-electron chi connectivity index (χ3n) is 6.98. The van der Waals surface area contributed by atoms with Gasteiger partial charge in [-0.3, -0.25) is 0 Å². The predicted molar refractivity (Wildman–Crippen MR) is 152 cm³/mol. The maximum atomic E-state index is 15.4. The Morgan fingerprint density at radius 1 is 1.19 bits per heavy atom. The van der Waals surface area contributed by atoms with E-state index in [1.54, 1.807) is 10.6 Å². The van der Waals surface area contributed by atoms with Crippen LogP contribution in [0.15, 0.2) is 47.5 Å². The summed E-state index contributed by atoms with van der Waals surface area (Å²) in [7, 11) is -3.86. The van der Waals surface area contributed by atoms with Gasteiger partial charge in [-0.15, -0.1) is 0 Å². The Morgan fingerprint density at radius 2 is 1.93 bits per heavy atom. The Morgan fingerprint density at radius 3 is 2.55 bits per heavy atom. The average molecular weight is 611 g/mol. The zero-order valence-corrected chi connectivity index (χ0v) is 24.0. The van der Waals surface area contributed by atoms with Crippen LogP contribution in [-0.4, -0.2) is 52.7 Å². The van der Waals surface area contributed by atoms with Crippen molar-refractivity contribution in [2.75, 3.05) is 23.4 Å². The topological polar surface area (TPSA) is 155 Å². The van der Waals surface area contributed by atoms with E-state index in [0.717, 1.165) is 0 Å². The largest absolute Gasteiger partial charge is 0.447 e. The van der Waals surface area contributed by atoms with Gasteiger partial charge in [-0.2, -0.15) is 9.98 Å². The first-order valence-corrected chi connectivity index (χ1v) is 14.9. The number of sulfonamides is 1. The minimum Gasteiger partial charge on any atom is -0.447 e. The summed E-state index contributed by atoms with van der Waals surface area (Å²) in [6.07, 6.45) is 1.78. The number of imidazole rings is 1. The first-order valence-electron chi connectivity index (χ1n) is 13.0. The van der Waals surface area contributed by atoms with Gasteiger partial charge < -0.3 is 14.6 Å². The van der Waals surface area contributed by atoms with Crippen LogP contribution in [0.5, 0.6) is 0 Å². The molecule has 216 valence electrons. The third-order valence-corrected chi connectivity index (χ3v) is 8.81. The molecule has 3 heterocycles. The monoisotopic (exact) mass is 610 g/mol. The highest BCUT2D eigenvalue weighted by Gasteiger charge is 2.46. The van der Waals surface area contributed by atoms with Gasteiger partial charge in [0.1, 0.15) is 17.7 Å². The predicted octanol–water partition coefficient (Wildman–Crippen LogP) is 4.90. The quantitative estimate of drug-likeness (QED) is 0.283. The summed E-state index contributed by atoms with van der Waals surface area (Å²) in [4.78, 5) is 26.7. The summed E-state index contributed by atoms with van der Waals surface area (Å²) in [6, 6.07) is 10.7. The molecule has 0 spiro atoms. The number of amides is 1. The lowest BCUT2D eigenvalue weighted by atomic mass is 10.1. The van der Waals surface area contributed by atoms with Crippen molar-refractivity contribution in [1.29, 1.82) is 5.26 Å². The van der Waals surface area contributed by atoms with Crippen molar-refractivity contribution in [2.45, 2.75) is 43.2 Å². The van der Waals surface area contributed by atoms with Crippen molar-refractivity contribution in [3.63, 3.8) is 0 Å². The van der Waals surface area contributed by atoms with Crippen LogP contribution >= 0.6 is 11.6 Å². The smallest absolute Gasteiger partial charge is 0.416 e. The van der Waals surface area contributed by atoms with Gasteiger partial charge in [-0.05, 0) is 63.1 Å². The molecule has 1 saturated heterocycles. The molecule has 1 aliphatic heterocycles. The molecule has 6 rings (SSSR count). The molecule has 0 atom stereocenters. The zero-order chi connectivity index (χ0) is 29.8. The van der Waals surface area contributed by atoms with Crippen molar-refractivity contribution in [3.05, 3.63) is 53.4 Å². The molecule has 2 fully saturated rings. The summed E-state index contributed by atoms with van der Waals surface area (Å²) in [6.45, 7) is 4.32. The summed E-state index contributed by atoms with van der Waals surface area (Å²) >= 11 is 6.44. The number of hydrogen-bond donors (Lipinski definition) is 2. The van der Waals surface area contributed by atoms with E-state index in [4.69, 9.17) is 16.3 Å². The molecule has 0 bridgehead atoms. The normalized spacial score (nSPS) is 16.1. The second-order valence-corrected chi connectivity index (χ2v) is 12.4. The molecular weight excluding hydrogens is 587 g/mol. The summed E-state index contributed by atoms with van der Waals surface area (Å²) in [5, 5.41) is 12.4. The molecular formula is C27H24ClFN8O4S. The maximum absolute atomic E-state index is 15.4. The van der Waals surface area contributed by atoms with E-state index in [0.29, 0.717) is 36.2 Å². The molecule has 12 nitrogen and oxygen atoms in total. The number of hydrogen-bond acceptors (Lipinski definition) is 9. The molecule has 42 heavy (non-hydrogen) atoms. The first kappa shape index (κ1) is 27.8. The maximum Gasteiger partial charge on any atom is 0.416 e. The number of fused-ring (bicyclic) bond motifs is 1. The standard InChI is InChI=1S/C27H24ClFN8O4S/c1-15(2)37-21-12-16(11-20(29)23(21)34-25(37)36-9-10-41-26(36)38)22-19(28)13-31-24(33-22)32-17-3-5-18(6-4-17)42(39,40)35-27(14-30)7-8-27/h3-6,11-13,15,35H,7-10H2,1-2H3,(H,31,32,33). The summed E-state index contributed by atoms with van der Waals surface area (Å²) in [5.74, 6) is -0.187. The van der Waals surface area contributed by atoms with Crippen molar-refractivity contribution in [1.82, 2.24) is 24.2 Å². The van der Waals surface area contributed by atoms with Crippen LogP contribution in [0.4, 0.5) is 26.8 Å². The second-order valence-electron chi connectivity index (χ2n) is 10.3. The third kappa shape index (κ3) is 5.00. The number of aromatic nitrogens is 4. The number of benzene rings is 2. The minimum absolute atomic E-state index is 0.0133. The number of nitriles is 1. The van der Waals surface area contributed by atoms with Gasteiger partial charge >= 0.3 is 6.09 Å². The Balaban J connectivity index is 1.31. The summed E-state index contributed by atoms with van der Waals surface area (Å²) < 4.78 is 50.0. The Kier molecular flexibility index (Phi) is 6.76. The van der Waals surface area contributed by atoms with E-state index >= 15 is 4.39 Å². The molecule has 0 unspecified atom stereocenters. The van der Waals surface area contributed by atoms with E-state index in [-0.39, 0.29) is 45.7 Å². The van der Waals surface area contributed by atoms with Gasteiger partial charge in [-0.25, -0.2) is 37.5 Å². The number of nitrogens with one attached hydrogen (secondary N) is 2. The number of ether oxygens (including phenoxy) is 1. The fraction of sp³-hybridized carbons (Fsp3) is 0.296. The highest BCUT2D eigenvalue weighted by atomic mass is 35.5. The van der Waals surface area contributed by atoms with Crippen LogP contribution in [0.1, 0.15) is 32.7 Å². The lowest BCUT2D eigenvalue weighted by Crippen LogP contribution is -2.35. The van der Waals surface area contributed by atoms with Gasteiger partial charge in [0, 0.05) is 17.3 Å². The van der Waals surface area contributed by atoms with Gasteiger partial charge in [0.25, 0.3) is 0 Å². The van der Waals surface area contributed by atoms with Crippen LogP contribution in [0.2, 0.25) is 5.02 Å². The van der Waals surface area contributed by atoms with Crippen LogP contribution in [-0.2, 0) is 14.8 Å². The van der Waals surface area contributed by atoms with E-state index < -0.39 is 27.5 Å². The molecule has 1 saturated carbocycles. The van der Waals surface area contributed by atoms with Crippen LogP contribution < -0.4 is 14.9 Å². The van der Waals surface area contributed by atoms with Crippen LogP contribution in [0.25, 0.3) is 22.3 Å². The lowest BCUT2D eigenvalue weighted by molar-refractivity contribution is 0.181. The molecule has 1 amide bonds. The molecule has 15 heteroatoms. The fourth-order valence-corrected chi connectivity index (χ4v) is 6.28. The van der Waals surface area contributed by atoms with Gasteiger partial charge in [-0.1, -0.05) is 11.6 Å². The number of halogens is 2. The molecule has 2 aromatic heterocycles. The number of rotatable bonds is 8. The highest BCUT2D eigenvalue weighted by Crippen LogP contribution is 2.37. The van der Waals surface area contributed by atoms with E-state index in [2.05, 4.69) is 25.0 Å². The molecule has 2 aromatic carbocycles. The minimum atomic E-state index is -3.86. The first-order chi connectivity index (χ1) is 20.0. The molecule has 4 aromatic rings. The average Bonchev–Trinajstić information content (AvgIpc) is 3.39. The van der Waals surface area contributed by atoms with Crippen LogP contribution in [0, 0.1) is 17.1 Å². The highest BCUT2D eigenvalue weighted by molar-refractivity contribution is 7.89. The number of anilines is 3. The van der Waals surface area contributed by atoms with E-state index in [1.165, 1.54) is 41.4 Å². The summed E-state index contributed by atoms with van der Waals surface area (Å²) in [5.41, 5.74) is 0.631. The van der Waals surface area contributed by atoms with Crippen molar-refractivity contribution in [2.24, 2.45) is 0 Å². The Hall–Kier alpha value is -4.32. The molecule has 2 N–H and O–H groups in total. The van der Waals surface area contributed by atoms with Crippen molar-refractivity contribution < 1.29 is 22.3 Å². The Bertz CT molecular complexity index is 1880. The molecule has 0 radical (unpaired) electrons. The fourth-order valence-electron chi connectivity index (χ4n) is 4.71.